The van der Waals surface area contributed by atoms with Crippen molar-refractivity contribution >= 4 is 39.6 Å². The lowest BCUT2D eigenvalue weighted by Gasteiger charge is -2.13. The molecule has 0 fully saturated rings. The summed E-state index contributed by atoms with van der Waals surface area (Å²) >= 11 is 6.23. The number of methoxy groups -OCH3 is 1. The summed E-state index contributed by atoms with van der Waals surface area (Å²) in [6.07, 6.45) is 2.99. The molecule has 1 N–H and O–H groups in total. The van der Waals surface area contributed by atoms with Crippen LogP contribution in [0.4, 0.5) is 5.69 Å². The number of sulfonamides is 1. The van der Waals surface area contributed by atoms with Crippen molar-refractivity contribution in [3.63, 3.8) is 0 Å². The Labute approximate surface area is 147 Å². The molecule has 1 aromatic carbocycles. The average molecular weight is 376 g/mol. The van der Waals surface area contributed by atoms with E-state index in [1.54, 1.807) is 14.1 Å². The summed E-state index contributed by atoms with van der Waals surface area (Å²) in [6.45, 7) is 2.63. The van der Waals surface area contributed by atoms with Crippen molar-refractivity contribution in [2.75, 3.05) is 33.1 Å². The molecule has 0 unspecified atom stereocenters. The summed E-state index contributed by atoms with van der Waals surface area (Å²) in [5, 5.41) is 3.04. The number of ether oxygens (including phenoxy) is 1. The van der Waals surface area contributed by atoms with Gasteiger partial charge in [0.15, 0.2) is 0 Å². The Morgan fingerprint density at radius 3 is 2.62 bits per heavy atom. The Kier molecular flexibility index (Phi) is 7.50. The first kappa shape index (κ1) is 20.2. The molecule has 7 nitrogen and oxygen atoms in total. The van der Waals surface area contributed by atoms with Crippen molar-refractivity contribution in [2.24, 2.45) is 4.40 Å². The van der Waals surface area contributed by atoms with Gasteiger partial charge in [0.05, 0.1) is 23.4 Å². The van der Waals surface area contributed by atoms with Crippen LogP contribution in [0.5, 0.6) is 0 Å². The fourth-order valence-corrected chi connectivity index (χ4v) is 3.27. The van der Waals surface area contributed by atoms with E-state index in [4.69, 9.17) is 11.6 Å². The van der Waals surface area contributed by atoms with Gasteiger partial charge in [-0.2, -0.15) is 8.42 Å². The number of anilines is 1. The van der Waals surface area contributed by atoms with Gasteiger partial charge in [0.25, 0.3) is 10.0 Å². The molecule has 0 atom stereocenters. The van der Waals surface area contributed by atoms with Gasteiger partial charge >= 0.3 is 5.97 Å². The van der Waals surface area contributed by atoms with Gasteiger partial charge in [0.2, 0.25) is 0 Å². The number of halogens is 1. The molecule has 24 heavy (non-hydrogen) atoms. The monoisotopic (exact) mass is 375 g/mol. The predicted molar refractivity (Wildman–Crippen MR) is 95.6 cm³/mol. The Hall–Kier alpha value is -1.80. The highest BCUT2D eigenvalue weighted by molar-refractivity contribution is 7.90. The molecule has 9 heteroatoms. The topological polar surface area (TPSA) is 88.1 Å². The third kappa shape index (κ3) is 5.38. The van der Waals surface area contributed by atoms with Crippen LogP contribution in [-0.2, 0) is 14.8 Å². The van der Waals surface area contributed by atoms with Crippen molar-refractivity contribution in [1.82, 2.24) is 4.90 Å². The largest absolute Gasteiger partial charge is 0.465 e. The van der Waals surface area contributed by atoms with Crippen molar-refractivity contribution in [1.29, 1.82) is 0 Å². The first-order chi connectivity index (χ1) is 11.2. The van der Waals surface area contributed by atoms with Gasteiger partial charge < -0.3 is 15.0 Å². The van der Waals surface area contributed by atoms with E-state index in [0.717, 1.165) is 19.2 Å². The molecule has 0 saturated heterocycles. The first-order valence-electron chi connectivity index (χ1n) is 7.35. The molecule has 1 rings (SSSR count). The number of hydrogen-bond donors (Lipinski definition) is 1. The summed E-state index contributed by atoms with van der Waals surface area (Å²) in [5.74, 6) is -0.654. The Bertz CT molecular complexity index is 718. The number of esters is 1. The minimum atomic E-state index is -4.06. The second-order valence-electron chi connectivity index (χ2n) is 5.27. The zero-order valence-electron chi connectivity index (χ0n) is 14.2. The van der Waals surface area contributed by atoms with E-state index in [1.165, 1.54) is 24.1 Å². The smallest absolute Gasteiger partial charge is 0.337 e. The number of hydrogen-bond acceptors (Lipinski definition) is 5. The van der Waals surface area contributed by atoms with E-state index in [2.05, 4.69) is 14.5 Å². The van der Waals surface area contributed by atoms with Crippen LogP contribution in [0, 0.1) is 0 Å². The van der Waals surface area contributed by atoms with Crippen LogP contribution in [-0.4, -0.2) is 53.4 Å². The van der Waals surface area contributed by atoms with E-state index in [1.807, 2.05) is 6.92 Å². The molecule has 134 valence electrons. The number of nitrogens with one attached hydrogen (secondary N) is 1. The van der Waals surface area contributed by atoms with Crippen molar-refractivity contribution < 1.29 is 17.9 Å². The second-order valence-corrected chi connectivity index (χ2v) is 7.25. The normalized spacial score (nSPS) is 11.5. The third-order valence-electron chi connectivity index (χ3n) is 3.00. The van der Waals surface area contributed by atoms with E-state index < -0.39 is 16.0 Å². The number of nitrogens with zero attached hydrogens (tertiary/aromatic N) is 2. The molecule has 0 aliphatic carbocycles. The van der Waals surface area contributed by atoms with Gasteiger partial charge in [0, 0.05) is 20.6 Å². The first-order valence-corrected chi connectivity index (χ1v) is 9.17. The van der Waals surface area contributed by atoms with Crippen LogP contribution in [0.15, 0.2) is 21.4 Å². The highest BCUT2D eigenvalue weighted by Gasteiger charge is 2.23. The van der Waals surface area contributed by atoms with Gasteiger partial charge in [-0.1, -0.05) is 24.9 Å². The van der Waals surface area contributed by atoms with E-state index >= 15 is 0 Å². The minimum Gasteiger partial charge on any atom is -0.465 e. The summed E-state index contributed by atoms with van der Waals surface area (Å²) in [7, 11) is 0.451. The molecule has 0 heterocycles. The highest BCUT2D eigenvalue weighted by Crippen LogP contribution is 2.32. The fraction of sp³-hybridized carbons (Fsp3) is 0.467. The number of unbranched alkanes of at least 4 members (excludes halogenated alkanes) is 1. The maximum Gasteiger partial charge on any atom is 0.337 e. The molecule has 0 amide bonds. The molecule has 0 aliphatic heterocycles. The number of carbonyl (C=O) groups is 1. The van der Waals surface area contributed by atoms with Crippen LogP contribution < -0.4 is 5.32 Å². The fourth-order valence-electron chi connectivity index (χ4n) is 1.76. The number of rotatable bonds is 8. The SMILES string of the molecule is CCCCNc1cc(C(=O)OC)cc(S(=O)(=O)/N=C/N(C)C)c1Cl. The van der Waals surface area contributed by atoms with Crippen molar-refractivity contribution in [3.8, 4) is 0 Å². The quantitative estimate of drug-likeness (QED) is 0.325. The van der Waals surface area contributed by atoms with Gasteiger partial charge in [0.1, 0.15) is 11.2 Å². The zero-order chi connectivity index (χ0) is 18.3. The maximum atomic E-state index is 12.4. The summed E-state index contributed by atoms with van der Waals surface area (Å²) in [6, 6.07) is 2.64. The molecule has 0 spiro atoms. The summed E-state index contributed by atoms with van der Waals surface area (Å²) in [4.78, 5) is 13.1. The van der Waals surface area contributed by atoms with Gasteiger partial charge in [-0.25, -0.2) is 4.79 Å². The van der Waals surface area contributed by atoms with Crippen LogP contribution in [0.1, 0.15) is 30.1 Å². The van der Waals surface area contributed by atoms with E-state index in [9.17, 15) is 13.2 Å². The predicted octanol–water partition coefficient (Wildman–Crippen LogP) is 2.62. The van der Waals surface area contributed by atoms with Crippen molar-refractivity contribution in [2.45, 2.75) is 24.7 Å². The van der Waals surface area contributed by atoms with E-state index in [0.29, 0.717) is 12.2 Å². The Balaban J connectivity index is 3.41. The molecule has 0 radical (unpaired) electrons. The van der Waals surface area contributed by atoms with Crippen LogP contribution in [0.2, 0.25) is 5.02 Å². The molecule has 0 aromatic heterocycles. The molecule has 1 aromatic rings. The number of benzene rings is 1. The molecule has 0 saturated carbocycles. The Morgan fingerprint density at radius 1 is 1.42 bits per heavy atom. The Morgan fingerprint density at radius 2 is 2.08 bits per heavy atom. The third-order valence-corrected chi connectivity index (χ3v) is 4.77. The highest BCUT2D eigenvalue weighted by atomic mass is 35.5. The average Bonchev–Trinajstić information content (AvgIpc) is 2.53. The lowest BCUT2D eigenvalue weighted by atomic mass is 10.2. The van der Waals surface area contributed by atoms with Crippen molar-refractivity contribution in [3.05, 3.63) is 22.7 Å². The zero-order valence-corrected chi connectivity index (χ0v) is 15.7. The molecule has 0 aliphatic rings. The van der Waals surface area contributed by atoms with Crippen LogP contribution in [0.25, 0.3) is 0 Å². The molecular weight excluding hydrogens is 354 g/mol. The van der Waals surface area contributed by atoms with Gasteiger partial charge in [-0.15, -0.1) is 4.40 Å². The lowest BCUT2D eigenvalue weighted by Crippen LogP contribution is -2.12. The van der Waals surface area contributed by atoms with E-state index in [-0.39, 0.29) is 15.5 Å². The van der Waals surface area contributed by atoms with Crippen LogP contribution in [0.3, 0.4) is 0 Å². The maximum absolute atomic E-state index is 12.4. The molecular formula is C15H22ClN3O4S. The minimum absolute atomic E-state index is 0.00494. The van der Waals surface area contributed by atoms with Gasteiger partial charge in [-0.3, -0.25) is 0 Å². The summed E-state index contributed by atoms with van der Waals surface area (Å²) in [5.41, 5.74) is 0.436. The lowest BCUT2D eigenvalue weighted by molar-refractivity contribution is 0.0600. The van der Waals surface area contributed by atoms with Crippen LogP contribution >= 0.6 is 11.6 Å². The second kappa shape index (κ2) is 8.89. The standard InChI is InChI=1S/C15H22ClN3O4S/c1-5-6-7-17-12-8-11(15(20)23-4)9-13(14(12)16)24(21,22)18-10-19(2)3/h8-10,17H,5-7H2,1-4H3/b18-10+. The molecule has 0 bridgehead atoms. The van der Waals surface area contributed by atoms with Gasteiger partial charge in [-0.05, 0) is 18.6 Å². The number of carbonyl (C=O) groups excluding carboxylic acids is 1. The summed E-state index contributed by atoms with van der Waals surface area (Å²) < 4.78 is 33.1.